The van der Waals surface area contributed by atoms with Gasteiger partial charge in [-0.2, -0.15) is 0 Å². The molecule has 0 aliphatic rings. The number of allylic oxidation sites excluding steroid dienone is 4. The minimum absolute atomic E-state index is 0.603. The molecule has 0 heterocycles. The summed E-state index contributed by atoms with van der Waals surface area (Å²) in [6.07, 6.45) is 8.51. The van der Waals surface area contributed by atoms with Crippen molar-refractivity contribution in [2.45, 2.75) is 26.7 Å². The molecule has 0 radical (unpaired) electrons. The lowest BCUT2D eigenvalue weighted by molar-refractivity contribution is 1.10. The van der Waals surface area contributed by atoms with Gasteiger partial charge < -0.3 is 0 Å². The first-order chi connectivity index (χ1) is 5.85. The minimum atomic E-state index is 0.603. The Kier molecular flexibility index (Phi) is 9.30. The van der Waals surface area contributed by atoms with Crippen molar-refractivity contribution in [1.29, 1.82) is 0 Å². The Morgan fingerprint density at radius 2 is 2.17 bits per heavy atom. The summed E-state index contributed by atoms with van der Waals surface area (Å²) in [6, 6.07) is 0. The molecule has 2 heteroatoms. The second-order valence-corrected chi connectivity index (χ2v) is 3.95. The van der Waals surface area contributed by atoms with Crippen molar-refractivity contribution in [1.82, 2.24) is 0 Å². The van der Waals surface area contributed by atoms with E-state index in [-0.39, 0.29) is 0 Å². The van der Waals surface area contributed by atoms with E-state index in [0.29, 0.717) is 5.88 Å². The molecule has 0 aliphatic carbocycles. The standard InChI is InChI=1S/C10H17ClS/c1-3-9-12-10(4-2)7-5-6-8-11/h5-7H,3-4,8-9H2,1-2H3/b6-5+,10-7+. The highest BCUT2D eigenvalue weighted by atomic mass is 35.5. The van der Waals surface area contributed by atoms with E-state index >= 15 is 0 Å². The van der Waals surface area contributed by atoms with Crippen molar-refractivity contribution in [2.75, 3.05) is 11.6 Å². The first-order valence-corrected chi connectivity index (χ1v) is 5.91. The zero-order chi connectivity index (χ0) is 9.23. The lowest BCUT2D eigenvalue weighted by Crippen LogP contribution is -1.77. The highest BCUT2D eigenvalue weighted by Gasteiger charge is 1.91. The molecule has 0 bridgehead atoms. The molecule has 0 rings (SSSR count). The topological polar surface area (TPSA) is 0 Å². The van der Waals surface area contributed by atoms with Crippen LogP contribution in [0.1, 0.15) is 26.7 Å². The predicted molar refractivity (Wildman–Crippen MR) is 61.0 cm³/mol. The van der Waals surface area contributed by atoms with E-state index in [1.165, 1.54) is 17.1 Å². The zero-order valence-electron chi connectivity index (χ0n) is 7.85. The summed E-state index contributed by atoms with van der Waals surface area (Å²) in [5.41, 5.74) is 0. The molecule has 12 heavy (non-hydrogen) atoms. The van der Waals surface area contributed by atoms with Crippen LogP contribution in [-0.2, 0) is 0 Å². The first kappa shape index (κ1) is 12.1. The van der Waals surface area contributed by atoms with E-state index in [0.717, 1.165) is 6.42 Å². The Labute approximate surface area is 85.1 Å². The Hall–Kier alpha value is 0.120. The van der Waals surface area contributed by atoms with Crippen LogP contribution in [0.4, 0.5) is 0 Å². The highest BCUT2D eigenvalue weighted by Crippen LogP contribution is 2.19. The number of thioether (sulfide) groups is 1. The molecule has 0 saturated heterocycles. The smallest absolute Gasteiger partial charge is 0.0407 e. The maximum absolute atomic E-state index is 5.51. The van der Waals surface area contributed by atoms with Gasteiger partial charge in [0.2, 0.25) is 0 Å². The van der Waals surface area contributed by atoms with Gasteiger partial charge >= 0.3 is 0 Å². The van der Waals surface area contributed by atoms with Gasteiger partial charge in [0.1, 0.15) is 0 Å². The molecular formula is C10H17ClS. The van der Waals surface area contributed by atoms with Crippen LogP contribution in [0.3, 0.4) is 0 Å². The van der Waals surface area contributed by atoms with Crippen LogP contribution in [0.2, 0.25) is 0 Å². The molecule has 0 aliphatic heterocycles. The zero-order valence-corrected chi connectivity index (χ0v) is 9.42. The first-order valence-electron chi connectivity index (χ1n) is 4.39. The van der Waals surface area contributed by atoms with Crippen molar-refractivity contribution >= 4 is 23.4 Å². The molecule has 0 spiro atoms. The average Bonchev–Trinajstić information content (AvgIpc) is 2.11. The van der Waals surface area contributed by atoms with Crippen LogP contribution in [0, 0.1) is 0 Å². The van der Waals surface area contributed by atoms with Gasteiger partial charge in [0, 0.05) is 5.88 Å². The normalized spacial score (nSPS) is 12.8. The number of rotatable bonds is 6. The third-order valence-corrected chi connectivity index (χ3v) is 2.93. The van der Waals surface area contributed by atoms with Crippen LogP contribution in [0.25, 0.3) is 0 Å². The van der Waals surface area contributed by atoms with E-state index in [9.17, 15) is 0 Å². The molecule has 0 atom stereocenters. The van der Waals surface area contributed by atoms with Gasteiger partial charge in [-0.15, -0.1) is 23.4 Å². The van der Waals surface area contributed by atoms with Gasteiger partial charge in [0.05, 0.1) is 0 Å². The van der Waals surface area contributed by atoms with Crippen LogP contribution in [-0.4, -0.2) is 11.6 Å². The fraction of sp³-hybridized carbons (Fsp3) is 0.600. The summed E-state index contributed by atoms with van der Waals surface area (Å²) in [4.78, 5) is 1.44. The summed E-state index contributed by atoms with van der Waals surface area (Å²) in [5.74, 6) is 1.82. The molecule has 0 saturated carbocycles. The lowest BCUT2D eigenvalue weighted by atomic mass is 10.4. The average molecular weight is 205 g/mol. The fourth-order valence-electron chi connectivity index (χ4n) is 0.728. The van der Waals surface area contributed by atoms with E-state index in [1.54, 1.807) is 0 Å². The second-order valence-electron chi connectivity index (χ2n) is 2.42. The summed E-state index contributed by atoms with van der Waals surface area (Å²) >= 11 is 7.45. The van der Waals surface area contributed by atoms with Crippen LogP contribution >= 0.6 is 23.4 Å². The van der Waals surface area contributed by atoms with Gasteiger partial charge in [-0.1, -0.05) is 32.1 Å². The molecule has 0 fully saturated rings. The number of hydrogen-bond donors (Lipinski definition) is 0. The molecular weight excluding hydrogens is 188 g/mol. The quantitative estimate of drug-likeness (QED) is 0.461. The van der Waals surface area contributed by atoms with Gasteiger partial charge in [-0.3, -0.25) is 0 Å². The van der Waals surface area contributed by atoms with Crippen molar-refractivity contribution in [2.24, 2.45) is 0 Å². The second kappa shape index (κ2) is 9.21. The number of hydrogen-bond acceptors (Lipinski definition) is 1. The minimum Gasteiger partial charge on any atom is -0.131 e. The number of alkyl halides is 1. The van der Waals surface area contributed by atoms with Gasteiger partial charge in [-0.25, -0.2) is 0 Å². The summed E-state index contributed by atoms with van der Waals surface area (Å²) in [5, 5.41) is 0. The Morgan fingerprint density at radius 1 is 1.42 bits per heavy atom. The van der Waals surface area contributed by atoms with Crippen molar-refractivity contribution in [3.05, 3.63) is 23.1 Å². The molecule has 0 nitrogen and oxygen atoms in total. The maximum atomic E-state index is 5.51. The molecule has 0 aromatic carbocycles. The molecule has 0 aromatic rings. The molecule has 0 amide bonds. The van der Waals surface area contributed by atoms with Crippen molar-refractivity contribution < 1.29 is 0 Å². The summed E-state index contributed by atoms with van der Waals surface area (Å²) < 4.78 is 0. The summed E-state index contributed by atoms with van der Waals surface area (Å²) in [7, 11) is 0. The third-order valence-electron chi connectivity index (χ3n) is 1.35. The van der Waals surface area contributed by atoms with E-state index < -0.39 is 0 Å². The largest absolute Gasteiger partial charge is 0.131 e. The summed E-state index contributed by atoms with van der Waals surface area (Å²) in [6.45, 7) is 4.39. The Morgan fingerprint density at radius 3 is 2.67 bits per heavy atom. The highest BCUT2D eigenvalue weighted by molar-refractivity contribution is 8.03. The van der Waals surface area contributed by atoms with Crippen LogP contribution in [0.15, 0.2) is 23.1 Å². The molecule has 70 valence electrons. The SMILES string of the molecule is CCCS/C(=C/C=C/CCl)CC. The molecule has 0 unspecified atom stereocenters. The van der Waals surface area contributed by atoms with E-state index in [2.05, 4.69) is 19.9 Å². The lowest BCUT2D eigenvalue weighted by Gasteiger charge is -2.00. The van der Waals surface area contributed by atoms with Crippen molar-refractivity contribution in [3.8, 4) is 0 Å². The number of halogens is 1. The molecule has 0 aromatic heterocycles. The van der Waals surface area contributed by atoms with Crippen molar-refractivity contribution in [3.63, 3.8) is 0 Å². The predicted octanol–water partition coefficient (Wildman–Crippen LogP) is 4.22. The van der Waals surface area contributed by atoms with Gasteiger partial charge in [0.15, 0.2) is 0 Å². The third kappa shape index (κ3) is 6.81. The monoisotopic (exact) mass is 204 g/mol. The van der Waals surface area contributed by atoms with Crippen LogP contribution in [0.5, 0.6) is 0 Å². The Balaban J connectivity index is 3.78. The van der Waals surface area contributed by atoms with Gasteiger partial charge in [0.25, 0.3) is 0 Å². The maximum Gasteiger partial charge on any atom is 0.0407 e. The Bertz CT molecular complexity index is 150. The van der Waals surface area contributed by atoms with E-state index in [1.807, 2.05) is 23.9 Å². The fourth-order valence-corrected chi connectivity index (χ4v) is 1.68. The molecule has 0 N–H and O–H groups in total. The van der Waals surface area contributed by atoms with Gasteiger partial charge in [-0.05, 0) is 23.5 Å². The van der Waals surface area contributed by atoms with E-state index in [4.69, 9.17) is 11.6 Å². The van der Waals surface area contributed by atoms with Crippen LogP contribution < -0.4 is 0 Å².